The molecule has 0 spiro atoms. The van der Waals surface area contributed by atoms with E-state index in [-0.39, 0.29) is 5.25 Å². The third kappa shape index (κ3) is 3.86. The first-order valence-corrected chi connectivity index (χ1v) is 12.6. The van der Waals surface area contributed by atoms with Crippen LogP contribution in [-0.2, 0) is 10.8 Å². The molecule has 4 aromatic rings. The fourth-order valence-corrected chi connectivity index (χ4v) is 6.23. The topological polar surface area (TPSA) is 62.2 Å². The number of fused-ring (bicyclic) bond motifs is 1. The molecule has 0 aliphatic carbocycles. The highest BCUT2D eigenvalue weighted by Gasteiger charge is 2.36. The van der Waals surface area contributed by atoms with Crippen LogP contribution in [0.3, 0.4) is 0 Å². The van der Waals surface area contributed by atoms with E-state index in [0.717, 1.165) is 65.7 Å². The smallest absolute Gasteiger partial charge is 0.150 e. The Balaban J connectivity index is 1.16. The Morgan fingerprint density at radius 2 is 1.61 bits per heavy atom. The van der Waals surface area contributed by atoms with Gasteiger partial charge in [0.25, 0.3) is 0 Å². The SMILES string of the molecule is O=S(c1ccccc1)C1CCN(c2nccnc2C2CN(c3ccc4ccccc4n3)C2)C1. The number of nitrogens with zero attached hydrogens (tertiary/aromatic N) is 5. The second kappa shape index (κ2) is 8.56. The molecule has 2 saturated heterocycles. The molecule has 7 heteroatoms. The van der Waals surface area contributed by atoms with E-state index in [9.17, 15) is 4.21 Å². The summed E-state index contributed by atoms with van der Waals surface area (Å²) in [6, 6.07) is 22.2. The normalized spacial score (nSPS) is 19.6. The van der Waals surface area contributed by atoms with Gasteiger partial charge in [0.2, 0.25) is 0 Å². The van der Waals surface area contributed by atoms with Gasteiger partial charge in [0.15, 0.2) is 5.82 Å². The highest BCUT2D eigenvalue weighted by molar-refractivity contribution is 7.85. The predicted molar refractivity (Wildman–Crippen MR) is 132 cm³/mol. The number of para-hydroxylation sites is 1. The Hall–Kier alpha value is -3.32. The van der Waals surface area contributed by atoms with E-state index in [0.29, 0.717) is 5.92 Å². The van der Waals surface area contributed by atoms with Crippen molar-refractivity contribution in [1.29, 1.82) is 0 Å². The van der Waals surface area contributed by atoms with Crippen molar-refractivity contribution in [2.45, 2.75) is 22.5 Å². The van der Waals surface area contributed by atoms with E-state index in [2.05, 4.69) is 34.1 Å². The third-order valence-corrected chi connectivity index (χ3v) is 8.33. The molecule has 6 rings (SSSR count). The van der Waals surface area contributed by atoms with Gasteiger partial charge in [0, 0.05) is 54.8 Å². The largest absolute Gasteiger partial charge is 0.355 e. The lowest BCUT2D eigenvalue weighted by Gasteiger charge is -2.40. The van der Waals surface area contributed by atoms with Crippen LogP contribution < -0.4 is 9.80 Å². The average molecular weight is 456 g/mol. The molecule has 0 N–H and O–H groups in total. The van der Waals surface area contributed by atoms with E-state index in [4.69, 9.17) is 15.0 Å². The number of anilines is 2. The minimum atomic E-state index is -1.01. The molecule has 0 amide bonds. The number of hydrogen-bond donors (Lipinski definition) is 0. The lowest BCUT2D eigenvalue weighted by molar-refractivity contribution is 0.507. The molecule has 33 heavy (non-hydrogen) atoms. The lowest BCUT2D eigenvalue weighted by Crippen LogP contribution is -2.46. The molecule has 2 atom stereocenters. The van der Waals surface area contributed by atoms with E-state index < -0.39 is 10.8 Å². The number of rotatable bonds is 5. The minimum Gasteiger partial charge on any atom is -0.355 e. The maximum atomic E-state index is 13.0. The van der Waals surface area contributed by atoms with Gasteiger partial charge in [-0.3, -0.25) is 9.19 Å². The summed E-state index contributed by atoms with van der Waals surface area (Å²) in [4.78, 5) is 19.7. The van der Waals surface area contributed by atoms with Crippen LogP contribution in [0.1, 0.15) is 18.0 Å². The Bertz CT molecular complexity index is 1310. The van der Waals surface area contributed by atoms with Gasteiger partial charge < -0.3 is 9.80 Å². The highest BCUT2D eigenvalue weighted by Crippen LogP contribution is 2.35. The Morgan fingerprint density at radius 1 is 0.818 bits per heavy atom. The van der Waals surface area contributed by atoms with Gasteiger partial charge >= 0.3 is 0 Å². The van der Waals surface area contributed by atoms with Crippen LogP contribution in [0.5, 0.6) is 0 Å². The maximum Gasteiger partial charge on any atom is 0.150 e. The monoisotopic (exact) mass is 455 g/mol. The molecule has 2 aromatic carbocycles. The van der Waals surface area contributed by atoms with E-state index >= 15 is 0 Å². The van der Waals surface area contributed by atoms with Crippen molar-refractivity contribution in [3.05, 3.63) is 84.8 Å². The summed E-state index contributed by atoms with van der Waals surface area (Å²) in [6.07, 6.45) is 4.45. The number of benzene rings is 2. The fraction of sp³-hybridized carbons (Fsp3) is 0.269. The molecule has 2 aromatic heterocycles. The van der Waals surface area contributed by atoms with E-state index in [1.807, 2.05) is 42.5 Å². The molecule has 0 radical (unpaired) electrons. The van der Waals surface area contributed by atoms with Gasteiger partial charge in [-0.05, 0) is 36.8 Å². The zero-order valence-corrected chi connectivity index (χ0v) is 19.1. The van der Waals surface area contributed by atoms with Crippen molar-refractivity contribution in [3.63, 3.8) is 0 Å². The van der Waals surface area contributed by atoms with Gasteiger partial charge in [-0.15, -0.1) is 0 Å². The first-order valence-electron chi connectivity index (χ1n) is 11.4. The van der Waals surface area contributed by atoms with Gasteiger partial charge in [-0.2, -0.15) is 0 Å². The zero-order valence-electron chi connectivity index (χ0n) is 18.2. The van der Waals surface area contributed by atoms with Crippen LogP contribution in [-0.4, -0.2) is 50.6 Å². The Labute approximate surface area is 195 Å². The minimum absolute atomic E-state index is 0.113. The molecule has 0 bridgehead atoms. The van der Waals surface area contributed by atoms with Gasteiger partial charge in [0.1, 0.15) is 5.82 Å². The second-order valence-corrected chi connectivity index (χ2v) is 10.4. The van der Waals surface area contributed by atoms with Gasteiger partial charge in [-0.25, -0.2) is 9.97 Å². The quantitative estimate of drug-likeness (QED) is 0.453. The van der Waals surface area contributed by atoms with Crippen LogP contribution in [0, 0.1) is 0 Å². The van der Waals surface area contributed by atoms with Crippen molar-refractivity contribution >= 4 is 33.3 Å². The molecule has 0 saturated carbocycles. The van der Waals surface area contributed by atoms with Crippen LogP contribution in [0.4, 0.5) is 11.6 Å². The summed E-state index contributed by atoms with van der Waals surface area (Å²) in [5.74, 6) is 2.27. The maximum absolute atomic E-state index is 13.0. The van der Waals surface area contributed by atoms with Crippen molar-refractivity contribution in [1.82, 2.24) is 15.0 Å². The van der Waals surface area contributed by atoms with Crippen LogP contribution >= 0.6 is 0 Å². The van der Waals surface area contributed by atoms with Crippen molar-refractivity contribution in [2.75, 3.05) is 36.0 Å². The first kappa shape index (κ1) is 20.3. The van der Waals surface area contributed by atoms with E-state index in [1.54, 1.807) is 12.4 Å². The summed E-state index contributed by atoms with van der Waals surface area (Å²) in [5.41, 5.74) is 2.06. The van der Waals surface area contributed by atoms with Gasteiger partial charge in [-0.1, -0.05) is 36.4 Å². The van der Waals surface area contributed by atoms with Crippen molar-refractivity contribution < 1.29 is 4.21 Å². The summed E-state index contributed by atoms with van der Waals surface area (Å²) >= 11 is 0. The fourth-order valence-electron chi connectivity index (χ4n) is 4.79. The number of pyridine rings is 1. The van der Waals surface area contributed by atoms with Crippen molar-refractivity contribution in [3.8, 4) is 0 Å². The molecule has 2 unspecified atom stereocenters. The molecule has 166 valence electrons. The van der Waals surface area contributed by atoms with Crippen LogP contribution in [0.2, 0.25) is 0 Å². The number of hydrogen-bond acceptors (Lipinski definition) is 6. The molecule has 6 nitrogen and oxygen atoms in total. The Morgan fingerprint density at radius 3 is 2.48 bits per heavy atom. The highest BCUT2D eigenvalue weighted by atomic mass is 32.2. The summed E-state index contributed by atoms with van der Waals surface area (Å²) in [7, 11) is -1.01. The standard InChI is InChI=1S/C26H25N5OS/c32-33(21-7-2-1-3-8-21)22-12-15-30(18-22)26-25(27-13-14-28-26)20-16-31(17-20)24-11-10-19-6-4-5-9-23(19)29-24/h1-11,13-14,20,22H,12,15-18H2. The predicted octanol–water partition coefficient (Wildman–Crippen LogP) is 4.02. The second-order valence-electron chi connectivity index (χ2n) is 8.70. The Kier molecular flexibility index (Phi) is 5.26. The van der Waals surface area contributed by atoms with Crippen LogP contribution in [0.15, 0.2) is 84.0 Å². The van der Waals surface area contributed by atoms with Crippen molar-refractivity contribution in [2.24, 2.45) is 0 Å². The van der Waals surface area contributed by atoms with Crippen LogP contribution in [0.25, 0.3) is 10.9 Å². The lowest BCUT2D eigenvalue weighted by atomic mass is 9.95. The molecule has 2 aliphatic rings. The molecule has 2 aliphatic heterocycles. The first-order chi connectivity index (χ1) is 16.3. The number of aromatic nitrogens is 3. The molecule has 2 fully saturated rings. The third-order valence-electron chi connectivity index (χ3n) is 6.60. The summed E-state index contributed by atoms with van der Waals surface area (Å²) in [6.45, 7) is 3.36. The van der Waals surface area contributed by atoms with E-state index in [1.165, 1.54) is 0 Å². The summed E-state index contributed by atoms with van der Waals surface area (Å²) in [5, 5.41) is 1.27. The average Bonchev–Trinajstić information content (AvgIpc) is 3.34. The molecule has 4 heterocycles. The van der Waals surface area contributed by atoms with Gasteiger partial charge in [0.05, 0.1) is 27.3 Å². The zero-order chi connectivity index (χ0) is 22.2. The molecular formula is C26H25N5OS. The summed E-state index contributed by atoms with van der Waals surface area (Å²) < 4.78 is 13.0. The molecular weight excluding hydrogens is 430 g/mol.